The van der Waals surface area contributed by atoms with Crippen molar-refractivity contribution in [1.29, 1.82) is 0 Å². The first-order valence-corrected chi connectivity index (χ1v) is 8.01. The molecule has 0 fully saturated rings. The summed E-state index contributed by atoms with van der Waals surface area (Å²) < 4.78 is 26.9. The summed E-state index contributed by atoms with van der Waals surface area (Å²) in [6.45, 7) is 1.75. The molecule has 1 N–H and O–H groups in total. The van der Waals surface area contributed by atoms with E-state index in [1.807, 2.05) is 0 Å². The lowest BCUT2D eigenvalue weighted by Gasteiger charge is -2.11. The molecule has 2 rings (SSSR count). The van der Waals surface area contributed by atoms with E-state index in [0.29, 0.717) is 16.3 Å². The van der Waals surface area contributed by atoms with E-state index in [9.17, 15) is 8.42 Å². The highest BCUT2D eigenvalue weighted by Gasteiger charge is 2.17. The smallest absolute Gasteiger partial charge is 0.263 e. The van der Waals surface area contributed by atoms with Crippen molar-refractivity contribution in [2.45, 2.75) is 11.8 Å². The zero-order valence-electron chi connectivity index (χ0n) is 10.2. The van der Waals surface area contributed by atoms with Crippen LogP contribution >= 0.6 is 34.8 Å². The van der Waals surface area contributed by atoms with Crippen molar-refractivity contribution in [1.82, 2.24) is 4.98 Å². The Kier molecular flexibility index (Phi) is 4.44. The largest absolute Gasteiger partial charge is 0.279 e. The summed E-state index contributed by atoms with van der Waals surface area (Å²) in [7, 11) is -3.79. The predicted molar refractivity (Wildman–Crippen MR) is 81.3 cm³/mol. The number of aryl methyl sites for hydroxylation is 1. The van der Waals surface area contributed by atoms with Gasteiger partial charge >= 0.3 is 0 Å². The van der Waals surface area contributed by atoms with Gasteiger partial charge in [0.2, 0.25) is 0 Å². The average Bonchev–Trinajstić information content (AvgIpc) is 2.36. The van der Waals surface area contributed by atoms with Crippen molar-refractivity contribution in [3.63, 3.8) is 0 Å². The van der Waals surface area contributed by atoms with Gasteiger partial charge in [0.1, 0.15) is 10.0 Å². The van der Waals surface area contributed by atoms with Crippen LogP contribution in [-0.2, 0) is 10.0 Å². The van der Waals surface area contributed by atoms with E-state index >= 15 is 0 Å². The first-order chi connectivity index (χ1) is 9.29. The normalized spacial score (nSPS) is 11.4. The highest BCUT2D eigenvalue weighted by Crippen LogP contribution is 2.25. The highest BCUT2D eigenvalue weighted by molar-refractivity contribution is 7.92. The second-order valence-electron chi connectivity index (χ2n) is 4.01. The van der Waals surface area contributed by atoms with Gasteiger partial charge < -0.3 is 0 Å². The number of hydrogen-bond acceptors (Lipinski definition) is 3. The van der Waals surface area contributed by atoms with Crippen LogP contribution < -0.4 is 4.72 Å². The lowest BCUT2D eigenvalue weighted by molar-refractivity contribution is 0.601. The molecule has 0 amide bonds. The number of nitrogens with one attached hydrogen (secondary N) is 1. The minimum atomic E-state index is -3.79. The number of nitrogens with zero attached hydrogens (tertiary/aromatic N) is 1. The average molecular weight is 352 g/mol. The van der Waals surface area contributed by atoms with Crippen LogP contribution in [0.3, 0.4) is 0 Å². The molecule has 20 heavy (non-hydrogen) atoms. The summed E-state index contributed by atoms with van der Waals surface area (Å²) in [5.41, 5.74) is 1.13. The van der Waals surface area contributed by atoms with Gasteiger partial charge in [-0.15, -0.1) is 0 Å². The van der Waals surface area contributed by atoms with Crippen LogP contribution in [0, 0.1) is 6.92 Å². The van der Waals surface area contributed by atoms with Crippen molar-refractivity contribution in [2.24, 2.45) is 0 Å². The summed E-state index contributed by atoms with van der Waals surface area (Å²) in [5, 5.41) is 0.650. The van der Waals surface area contributed by atoms with Crippen LogP contribution in [0.5, 0.6) is 0 Å². The van der Waals surface area contributed by atoms with Crippen LogP contribution in [0.2, 0.25) is 15.2 Å². The number of pyridine rings is 1. The quantitative estimate of drug-likeness (QED) is 0.845. The van der Waals surface area contributed by atoms with Gasteiger partial charge in [0, 0.05) is 11.2 Å². The summed E-state index contributed by atoms with van der Waals surface area (Å²) in [4.78, 5) is 3.65. The van der Waals surface area contributed by atoms with Gasteiger partial charge in [-0.1, -0.05) is 34.8 Å². The van der Waals surface area contributed by atoms with Gasteiger partial charge in [0.15, 0.2) is 0 Å². The summed E-state index contributed by atoms with van der Waals surface area (Å²) >= 11 is 17.3. The van der Waals surface area contributed by atoms with Crippen LogP contribution in [0.15, 0.2) is 35.4 Å². The van der Waals surface area contributed by atoms with Crippen molar-refractivity contribution in [2.75, 3.05) is 4.72 Å². The van der Waals surface area contributed by atoms with Crippen LogP contribution in [-0.4, -0.2) is 13.4 Å². The molecule has 0 aliphatic heterocycles. The Bertz CT molecular complexity index is 763. The molecule has 106 valence electrons. The molecule has 0 aliphatic rings. The Morgan fingerprint density at radius 2 is 1.85 bits per heavy atom. The molecular weight excluding hydrogens is 343 g/mol. The SMILES string of the molecule is Cc1cc(Cl)ccc1NS(=O)(=O)c1cnc(Cl)c(Cl)c1. The second kappa shape index (κ2) is 5.77. The fourth-order valence-electron chi connectivity index (χ4n) is 1.50. The van der Waals surface area contributed by atoms with Gasteiger partial charge in [0.25, 0.3) is 10.0 Å². The van der Waals surface area contributed by atoms with Crippen molar-refractivity contribution < 1.29 is 8.42 Å². The number of aromatic nitrogens is 1. The Hall–Kier alpha value is -1.01. The van der Waals surface area contributed by atoms with Crippen LogP contribution in [0.4, 0.5) is 5.69 Å². The summed E-state index contributed by atoms with van der Waals surface area (Å²) in [6, 6.07) is 6.08. The van der Waals surface area contributed by atoms with E-state index in [4.69, 9.17) is 34.8 Å². The third kappa shape index (κ3) is 3.35. The third-order valence-corrected chi connectivity index (χ3v) is 4.77. The molecule has 0 bridgehead atoms. The molecular formula is C12H9Cl3N2O2S. The topological polar surface area (TPSA) is 59.1 Å². The van der Waals surface area contributed by atoms with Gasteiger partial charge in [-0.05, 0) is 36.8 Å². The minimum absolute atomic E-state index is 0.0493. The Balaban J connectivity index is 2.38. The van der Waals surface area contributed by atoms with E-state index in [1.165, 1.54) is 6.07 Å². The van der Waals surface area contributed by atoms with Crippen molar-refractivity contribution in [3.05, 3.63) is 51.2 Å². The maximum atomic E-state index is 12.2. The predicted octanol–water partition coefficient (Wildman–Crippen LogP) is 4.15. The summed E-state index contributed by atoms with van der Waals surface area (Å²) in [6.07, 6.45) is 1.14. The van der Waals surface area contributed by atoms with E-state index in [2.05, 4.69) is 9.71 Å². The molecule has 4 nitrogen and oxygen atoms in total. The molecule has 0 aliphatic carbocycles. The van der Waals surface area contributed by atoms with Crippen LogP contribution in [0.25, 0.3) is 0 Å². The number of halogens is 3. The Labute approximate surface area is 131 Å². The van der Waals surface area contributed by atoms with E-state index < -0.39 is 10.0 Å². The Morgan fingerprint density at radius 1 is 1.15 bits per heavy atom. The number of hydrogen-bond donors (Lipinski definition) is 1. The first kappa shape index (κ1) is 15.4. The fraction of sp³-hybridized carbons (Fsp3) is 0.0833. The zero-order chi connectivity index (χ0) is 14.9. The molecule has 1 aromatic carbocycles. The molecule has 8 heteroatoms. The first-order valence-electron chi connectivity index (χ1n) is 5.39. The standard InChI is InChI=1S/C12H9Cl3N2O2S/c1-7-4-8(13)2-3-11(7)17-20(18,19)9-5-10(14)12(15)16-6-9/h2-6,17H,1H3. The highest BCUT2D eigenvalue weighted by atomic mass is 35.5. The number of anilines is 1. The second-order valence-corrected chi connectivity index (χ2v) is 6.89. The number of rotatable bonds is 3. The zero-order valence-corrected chi connectivity index (χ0v) is 13.3. The number of sulfonamides is 1. The van der Waals surface area contributed by atoms with E-state index in [-0.39, 0.29) is 15.1 Å². The van der Waals surface area contributed by atoms with E-state index in [1.54, 1.807) is 25.1 Å². The monoisotopic (exact) mass is 350 g/mol. The fourth-order valence-corrected chi connectivity index (χ4v) is 3.16. The molecule has 0 unspecified atom stereocenters. The molecule has 0 radical (unpaired) electrons. The molecule has 0 spiro atoms. The molecule has 2 aromatic rings. The van der Waals surface area contributed by atoms with Crippen molar-refractivity contribution in [3.8, 4) is 0 Å². The maximum absolute atomic E-state index is 12.2. The number of benzene rings is 1. The van der Waals surface area contributed by atoms with Gasteiger partial charge in [-0.3, -0.25) is 4.72 Å². The molecule has 1 heterocycles. The lowest BCUT2D eigenvalue weighted by Crippen LogP contribution is -2.14. The van der Waals surface area contributed by atoms with Gasteiger partial charge in [0.05, 0.1) is 10.7 Å². The molecule has 0 saturated carbocycles. The van der Waals surface area contributed by atoms with Crippen LogP contribution in [0.1, 0.15) is 5.56 Å². The minimum Gasteiger partial charge on any atom is -0.279 e. The molecule has 0 saturated heterocycles. The van der Waals surface area contributed by atoms with Gasteiger partial charge in [-0.2, -0.15) is 0 Å². The van der Waals surface area contributed by atoms with E-state index in [0.717, 1.165) is 6.20 Å². The maximum Gasteiger partial charge on any atom is 0.263 e. The summed E-state index contributed by atoms with van der Waals surface area (Å²) in [5.74, 6) is 0. The third-order valence-electron chi connectivity index (χ3n) is 2.51. The molecule has 1 aromatic heterocycles. The van der Waals surface area contributed by atoms with Gasteiger partial charge in [-0.25, -0.2) is 13.4 Å². The Morgan fingerprint density at radius 3 is 2.45 bits per heavy atom. The van der Waals surface area contributed by atoms with Crippen molar-refractivity contribution >= 4 is 50.5 Å². The lowest BCUT2D eigenvalue weighted by atomic mass is 10.2. The molecule has 0 atom stereocenters.